The van der Waals surface area contributed by atoms with Crippen molar-refractivity contribution in [2.75, 3.05) is 0 Å². The number of fused-ring (bicyclic) bond motifs is 3. The topological polar surface area (TPSA) is 28.7 Å². The van der Waals surface area contributed by atoms with Crippen LogP contribution in [0.25, 0.3) is 11.0 Å². The Morgan fingerprint density at radius 3 is 2.71 bits per heavy atom. The van der Waals surface area contributed by atoms with Crippen LogP contribution in [0.2, 0.25) is 0 Å². The number of benzene rings is 1. The van der Waals surface area contributed by atoms with Crippen molar-refractivity contribution < 1.29 is 13.2 Å². The zero-order chi connectivity index (χ0) is 14.6. The Morgan fingerprint density at radius 2 is 2.05 bits per heavy atom. The van der Waals surface area contributed by atoms with Crippen molar-refractivity contribution in [3.63, 3.8) is 0 Å². The van der Waals surface area contributed by atoms with Crippen molar-refractivity contribution in [2.45, 2.75) is 38.3 Å². The molecule has 2 fully saturated rings. The summed E-state index contributed by atoms with van der Waals surface area (Å²) in [6, 6.07) is 3.72. The van der Waals surface area contributed by atoms with E-state index in [9.17, 15) is 13.2 Å². The molecule has 21 heavy (non-hydrogen) atoms. The van der Waals surface area contributed by atoms with Gasteiger partial charge in [-0.1, -0.05) is 6.42 Å². The smallest absolute Gasteiger partial charge is 0.342 e. The number of rotatable bonds is 2. The molecule has 1 aromatic heterocycles. The van der Waals surface area contributed by atoms with Gasteiger partial charge in [-0.05, 0) is 55.2 Å². The SMILES string of the molecule is FC(F)(F)c1ccc2nc(CC3CC4CCC3C4)[nH]c2c1. The number of hydrogen-bond donors (Lipinski definition) is 1. The first-order valence-electron chi connectivity index (χ1n) is 7.55. The molecule has 1 N–H and O–H groups in total. The van der Waals surface area contributed by atoms with Gasteiger partial charge in [0.05, 0.1) is 16.6 Å². The molecule has 0 spiro atoms. The lowest BCUT2D eigenvalue weighted by Gasteiger charge is -2.20. The van der Waals surface area contributed by atoms with Crippen molar-refractivity contribution in [1.29, 1.82) is 0 Å². The van der Waals surface area contributed by atoms with Crippen LogP contribution in [-0.4, -0.2) is 9.97 Å². The van der Waals surface area contributed by atoms with Crippen LogP contribution in [0.4, 0.5) is 13.2 Å². The van der Waals surface area contributed by atoms with Gasteiger partial charge in [-0.15, -0.1) is 0 Å². The lowest BCUT2D eigenvalue weighted by molar-refractivity contribution is -0.137. The second-order valence-corrected chi connectivity index (χ2v) is 6.55. The number of alkyl halides is 3. The van der Waals surface area contributed by atoms with E-state index in [1.807, 2.05) is 0 Å². The molecule has 3 unspecified atom stereocenters. The minimum absolute atomic E-state index is 0.489. The van der Waals surface area contributed by atoms with Crippen molar-refractivity contribution in [3.8, 4) is 0 Å². The van der Waals surface area contributed by atoms with Crippen LogP contribution in [0, 0.1) is 17.8 Å². The average molecular weight is 294 g/mol. The van der Waals surface area contributed by atoms with E-state index in [0.29, 0.717) is 17.0 Å². The fraction of sp³-hybridized carbons (Fsp3) is 0.562. The molecule has 0 aliphatic heterocycles. The van der Waals surface area contributed by atoms with E-state index in [-0.39, 0.29) is 0 Å². The molecule has 2 bridgehead atoms. The molecule has 2 nitrogen and oxygen atoms in total. The highest BCUT2D eigenvalue weighted by Crippen LogP contribution is 2.49. The first-order chi connectivity index (χ1) is 9.99. The normalized spacial score (nSPS) is 28.6. The maximum absolute atomic E-state index is 12.7. The average Bonchev–Trinajstić information content (AvgIpc) is 3.09. The minimum Gasteiger partial charge on any atom is -0.342 e. The van der Waals surface area contributed by atoms with E-state index in [1.165, 1.54) is 31.7 Å². The number of nitrogens with one attached hydrogen (secondary N) is 1. The van der Waals surface area contributed by atoms with E-state index in [4.69, 9.17) is 0 Å². The van der Waals surface area contributed by atoms with E-state index < -0.39 is 11.7 Å². The van der Waals surface area contributed by atoms with Crippen LogP contribution in [0.5, 0.6) is 0 Å². The Balaban J connectivity index is 1.59. The number of aromatic nitrogens is 2. The van der Waals surface area contributed by atoms with E-state index in [0.717, 1.165) is 36.2 Å². The van der Waals surface area contributed by atoms with Gasteiger partial charge in [-0.2, -0.15) is 13.2 Å². The molecule has 1 aromatic carbocycles. The molecule has 5 heteroatoms. The van der Waals surface area contributed by atoms with Crippen molar-refractivity contribution in [1.82, 2.24) is 9.97 Å². The van der Waals surface area contributed by atoms with Crippen LogP contribution >= 0.6 is 0 Å². The van der Waals surface area contributed by atoms with Crippen molar-refractivity contribution in [2.24, 2.45) is 17.8 Å². The number of imidazole rings is 1. The number of hydrogen-bond acceptors (Lipinski definition) is 1. The maximum atomic E-state index is 12.7. The molecule has 2 aliphatic rings. The predicted octanol–water partition coefficient (Wildman–Crippen LogP) is 4.56. The van der Waals surface area contributed by atoms with Crippen molar-refractivity contribution in [3.05, 3.63) is 29.6 Å². The first kappa shape index (κ1) is 13.2. The molecular formula is C16H17F3N2. The Kier molecular flexibility index (Phi) is 2.81. The number of aromatic amines is 1. The fourth-order valence-corrected chi connectivity index (χ4v) is 4.21. The Morgan fingerprint density at radius 1 is 1.19 bits per heavy atom. The largest absolute Gasteiger partial charge is 0.416 e. The summed E-state index contributed by atoms with van der Waals surface area (Å²) in [6.45, 7) is 0. The molecular weight excluding hydrogens is 277 g/mol. The number of nitrogens with zero attached hydrogens (tertiary/aromatic N) is 1. The summed E-state index contributed by atoms with van der Waals surface area (Å²) < 4.78 is 38.2. The monoisotopic (exact) mass is 294 g/mol. The van der Waals surface area contributed by atoms with Crippen LogP contribution in [0.3, 0.4) is 0 Å². The molecule has 3 atom stereocenters. The van der Waals surface area contributed by atoms with Gasteiger partial charge >= 0.3 is 6.18 Å². The predicted molar refractivity (Wildman–Crippen MR) is 73.7 cm³/mol. The summed E-state index contributed by atoms with van der Waals surface area (Å²) in [4.78, 5) is 7.54. The fourth-order valence-electron chi connectivity index (χ4n) is 4.21. The molecule has 0 amide bonds. The molecule has 112 valence electrons. The highest BCUT2D eigenvalue weighted by Gasteiger charge is 2.39. The lowest BCUT2D eigenvalue weighted by atomic mass is 9.86. The Hall–Kier alpha value is -1.52. The van der Waals surface area contributed by atoms with Gasteiger partial charge in [-0.3, -0.25) is 0 Å². The quantitative estimate of drug-likeness (QED) is 0.864. The summed E-state index contributed by atoms with van der Waals surface area (Å²) >= 11 is 0. The molecule has 1 heterocycles. The summed E-state index contributed by atoms with van der Waals surface area (Å²) in [5.41, 5.74) is 0.495. The Labute approximate surface area is 120 Å². The van der Waals surface area contributed by atoms with Gasteiger partial charge in [0.1, 0.15) is 5.82 Å². The van der Waals surface area contributed by atoms with Gasteiger partial charge < -0.3 is 4.98 Å². The molecule has 2 aromatic rings. The van der Waals surface area contributed by atoms with Crippen molar-refractivity contribution >= 4 is 11.0 Å². The van der Waals surface area contributed by atoms with Gasteiger partial charge in [0.2, 0.25) is 0 Å². The molecule has 4 rings (SSSR count). The summed E-state index contributed by atoms with van der Waals surface area (Å²) in [7, 11) is 0. The molecule has 0 saturated heterocycles. The maximum Gasteiger partial charge on any atom is 0.416 e. The van der Waals surface area contributed by atoms with Crippen LogP contribution in [-0.2, 0) is 12.6 Å². The van der Waals surface area contributed by atoms with Gasteiger partial charge in [0, 0.05) is 6.42 Å². The molecule has 0 radical (unpaired) electrons. The van der Waals surface area contributed by atoms with Crippen LogP contribution < -0.4 is 0 Å². The zero-order valence-electron chi connectivity index (χ0n) is 11.6. The van der Waals surface area contributed by atoms with Gasteiger partial charge in [0.25, 0.3) is 0 Å². The van der Waals surface area contributed by atoms with Gasteiger partial charge in [0.15, 0.2) is 0 Å². The second kappa shape index (κ2) is 4.49. The van der Waals surface area contributed by atoms with Crippen LogP contribution in [0.1, 0.15) is 37.1 Å². The summed E-state index contributed by atoms with van der Waals surface area (Å²) in [6.07, 6.45) is 1.84. The highest BCUT2D eigenvalue weighted by atomic mass is 19.4. The lowest BCUT2D eigenvalue weighted by Crippen LogP contribution is -2.13. The van der Waals surface area contributed by atoms with Crippen LogP contribution in [0.15, 0.2) is 18.2 Å². The van der Waals surface area contributed by atoms with E-state index in [1.54, 1.807) is 0 Å². The standard InChI is InChI=1S/C16H17F3N2/c17-16(18,19)12-3-4-13-14(8-12)21-15(20-13)7-11-6-9-1-2-10(11)5-9/h3-4,8-11H,1-2,5-7H2,(H,20,21). The highest BCUT2D eigenvalue weighted by molar-refractivity contribution is 5.76. The van der Waals surface area contributed by atoms with E-state index in [2.05, 4.69) is 9.97 Å². The molecule has 2 aliphatic carbocycles. The van der Waals surface area contributed by atoms with E-state index >= 15 is 0 Å². The second-order valence-electron chi connectivity index (χ2n) is 6.55. The third-order valence-corrected chi connectivity index (χ3v) is 5.20. The zero-order valence-corrected chi connectivity index (χ0v) is 11.6. The summed E-state index contributed by atoms with van der Waals surface area (Å²) in [5, 5.41) is 0. The number of halogens is 3. The third kappa shape index (κ3) is 2.32. The Bertz CT molecular complexity index is 674. The number of H-pyrrole nitrogens is 1. The summed E-state index contributed by atoms with van der Waals surface area (Å²) in [5.74, 6) is 3.17. The minimum atomic E-state index is -4.30. The third-order valence-electron chi connectivity index (χ3n) is 5.20. The first-order valence-corrected chi connectivity index (χ1v) is 7.55. The molecule has 2 saturated carbocycles. The van der Waals surface area contributed by atoms with Gasteiger partial charge in [-0.25, -0.2) is 4.98 Å².